The molecule has 1 amide bonds. The van der Waals surface area contributed by atoms with E-state index >= 15 is 0 Å². The summed E-state index contributed by atoms with van der Waals surface area (Å²) in [5.41, 5.74) is 1.60. The molecule has 1 fully saturated rings. The number of hydrogen-bond donors (Lipinski definition) is 0. The van der Waals surface area contributed by atoms with Gasteiger partial charge < -0.3 is 14.1 Å². The van der Waals surface area contributed by atoms with Crippen molar-refractivity contribution in [2.24, 2.45) is 0 Å². The molecule has 30 heavy (non-hydrogen) atoms. The van der Waals surface area contributed by atoms with E-state index in [1.807, 2.05) is 46.7 Å². The largest absolute Gasteiger partial charge is 0.494 e. The summed E-state index contributed by atoms with van der Waals surface area (Å²) in [5, 5.41) is 3.10. The van der Waals surface area contributed by atoms with Crippen LogP contribution < -0.4 is 4.74 Å². The number of carbonyl (C=O) groups excluding carboxylic acids is 1. The average Bonchev–Trinajstić information content (AvgIpc) is 3.47. The maximum Gasteiger partial charge on any atom is 0.253 e. The minimum Gasteiger partial charge on any atom is -0.494 e. The molecule has 3 heterocycles. The number of amides is 1. The Bertz CT molecular complexity index is 929. The lowest BCUT2D eigenvalue weighted by molar-refractivity contribution is 0.0628. The van der Waals surface area contributed by atoms with Crippen LogP contribution >= 0.6 is 11.3 Å². The highest BCUT2D eigenvalue weighted by Gasteiger charge is 2.23. The topological polar surface area (TPSA) is 58.8 Å². The SMILES string of the molecule is CCCCOc1ccc(C(=O)N2CCN(Cc3nc(-c4ccco4)cs3)CC2)cc1. The smallest absolute Gasteiger partial charge is 0.253 e. The second-order valence-electron chi connectivity index (χ2n) is 7.40. The third kappa shape index (κ3) is 5.09. The molecule has 0 radical (unpaired) electrons. The zero-order valence-electron chi connectivity index (χ0n) is 17.3. The minimum atomic E-state index is 0.0871. The van der Waals surface area contributed by atoms with Crippen LogP contribution in [-0.2, 0) is 6.54 Å². The first-order chi connectivity index (χ1) is 14.7. The lowest BCUT2D eigenvalue weighted by Crippen LogP contribution is -2.48. The number of ether oxygens (including phenoxy) is 1. The van der Waals surface area contributed by atoms with Gasteiger partial charge in [0.1, 0.15) is 16.5 Å². The summed E-state index contributed by atoms with van der Waals surface area (Å²) in [6, 6.07) is 11.3. The first kappa shape index (κ1) is 20.6. The summed E-state index contributed by atoms with van der Waals surface area (Å²) in [6.45, 7) is 6.80. The predicted octanol–water partition coefficient (Wildman–Crippen LogP) is 4.54. The zero-order valence-corrected chi connectivity index (χ0v) is 18.1. The quantitative estimate of drug-likeness (QED) is 0.496. The van der Waals surface area contributed by atoms with E-state index in [0.717, 1.165) is 67.8 Å². The van der Waals surface area contributed by atoms with Crippen molar-refractivity contribution >= 4 is 17.2 Å². The van der Waals surface area contributed by atoms with Gasteiger partial charge in [0.05, 0.1) is 19.4 Å². The van der Waals surface area contributed by atoms with E-state index in [0.29, 0.717) is 12.2 Å². The number of thiazole rings is 1. The van der Waals surface area contributed by atoms with Crippen LogP contribution in [0.15, 0.2) is 52.5 Å². The molecule has 3 aromatic rings. The highest BCUT2D eigenvalue weighted by atomic mass is 32.1. The molecule has 2 aromatic heterocycles. The van der Waals surface area contributed by atoms with Crippen LogP contribution in [0.2, 0.25) is 0 Å². The molecule has 158 valence electrons. The fourth-order valence-corrected chi connectivity index (χ4v) is 4.26. The molecule has 0 N–H and O–H groups in total. The summed E-state index contributed by atoms with van der Waals surface area (Å²) in [4.78, 5) is 21.8. The van der Waals surface area contributed by atoms with Crippen molar-refractivity contribution in [3.63, 3.8) is 0 Å². The monoisotopic (exact) mass is 425 g/mol. The molecular formula is C23H27N3O3S. The van der Waals surface area contributed by atoms with Crippen molar-refractivity contribution in [1.82, 2.24) is 14.8 Å². The molecule has 7 heteroatoms. The highest BCUT2D eigenvalue weighted by Crippen LogP contribution is 2.23. The van der Waals surface area contributed by atoms with Crippen LogP contribution in [0.4, 0.5) is 0 Å². The van der Waals surface area contributed by atoms with Crippen LogP contribution in [0.25, 0.3) is 11.5 Å². The first-order valence-electron chi connectivity index (χ1n) is 10.5. The Morgan fingerprint density at radius 2 is 1.97 bits per heavy atom. The van der Waals surface area contributed by atoms with Gasteiger partial charge in [-0.1, -0.05) is 13.3 Å². The van der Waals surface area contributed by atoms with Crippen LogP contribution in [0.1, 0.15) is 35.1 Å². The lowest BCUT2D eigenvalue weighted by atomic mass is 10.1. The van der Waals surface area contributed by atoms with E-state index in [-0.39, 0.29) is 5.91 Å². The Kier molecular flexibility index (Phi) is 6.81. The molecule has 0 spiro atoms. The number of hydrogen-bond acceptors (Lipinski definition) is 6. The number of rotatable bonds is 8. The maximum absolute atomic E-state index is 12.8. The van der Waals surface area contributed by atoms with Gasteiger partial charge in [0.15, 0.2) is 5.76 Å². The summed E-state index contributed by atoms with van der Waals surface area (Å²) in [5.74, 6) is 1.71. The van der Waals surface area contributed by atoms with E-state index in [1.54, 1.807) is 17.6 Å². The summed E-state index contributed by atoms with van der Waals surface area (Å²) in [6.07, 6.45) is 3.81. The fraction of sp³-hybridized carbons (Fsp3) is 0.391. The van der Waals surface area contributed by atoms with Crippen LogP contribution in [0, 0.1) is 0 Å². The molecule has 0 saturated carbocycles. The van der Waals surface area contributed by atoms with Gasteiger partial charge in [-0.3, -0.25) is 9.69 Å². The van der Waals surface area contributed by atoms with Gasteiger partial charge in [0.2, 0.25) is 0 Å². The summed E-state index contributed by atoms with van der Waals surface area (Å²) < 4.78 is 11.1. The third-order valence-electron chi connectivity index (χ3n) is 5.21. The van der Waals surface area contributed by atoms with Gasteiger partial charge in [0.25, 0.3) is 5.91 Å². The molecule has 4 rings (SSSR count). The van der Waals surface area contributed by atoms with Gasteiger partial charge in [-0.25, -0.2) is 4.98 Å². The molecule has 1 aliphatic heterocycles. The van der Waals surface area contributed by atoms with E-state index in [9.17, 15) is 4.79 Å². The van der Waals surface area contributed by atoms with Crippen molar-refractivity contribution in [3.05, 3.63) is 58.6 Å². The van der Waals surface area contributed by atoms with E-state index in [1.165, 1.54) is 0 Å². The number of carbonyl (C=O) groups is 1. The zero-order chi connectivity index (χ0) is 20.8. The first-order valence-corrected chi connectivity index (χ1v) is 11.3. The maximum atomic E-state index is 12.8. The van der Waals surface area contributed by atoms with Crippen LogP contribution in [0.5, 0.6) is 5.75 Å². The van der Waals surface area contributed by atoms with Gasteiger partial charge in [-0.05, 0) is 42.8 Å². The molecule has 1 aliphatic rings. The Morgan fingerprint density at radius 3 is 2.67 bits per heavy atom. The summed E-state index contributed by atoms with van der Waals surface area (Å²) in [7, 11) is 0. The van der Waals surface area contributed by atoms with E-state index < -0.39 is 0 Å². The van der Waals surface area contributed by atoms with E-state index in [2.05, 4.69) is 16.8 Å². The molecule has 0 aliphatic carbocycles. The number of unbranched alkanes of at least 4 members (excludes halogenated alkanes) is 1. The van der Waals surface area contributed by atoms with Gasteiger partial charge in [0, 0.05) is 37.1 Å². The molecular weight excluding hydrogens is 398 g/mol. The van der Waals surface area contributed by atoms with Crippen molar-refractivity contribution in [2.45, 2.75) is 26.3 Å². The number of nitrogens with zero attached hydrogens (tertiary/aromatic N) is 3. The molecule has 0 atom stereocenters. The number of benzene rings is 1. The summed E-state index contributed by atoms with van der Waals surface area (Å²) >= 11 is 1.65. The number of piperazine rings is 1. The van der Waals surface area contributed by atoms with Crippen molar-refractivity contribution in [1.29, 1.82) is 0 Å². The Hall–Kier alpha value is -2.64. The van der Waals surface area contributed by atoms with Crippen molar-refractivity contribution in [3.8, 4) is 17.2 Å². The standard InChI is InChI=1S/C23H27N3O3S/c1-2-3-14-28-19-8-6-18(7-9-19)23(27)26-12-10-25(11-13-26)16-22-24-20(17-30-22)21-5-4-15-29-21/h4-9,15,17H,2-3,10-14,16H2,1H3. The van der Waals surface area contributed by atoms with Gasteiger partial charge in [-0.2, -0.15) is 0 Å². The van der Waals surface area contributed by atoms with E-state index in [4.69, 9.17) is 9.15 Å². The Labute approximate surface area is 181 Å². The molecule has 6 nitrogen and oxygen atoms in total. The second-order valence-corrected chi connectivity index (χ2v) is 8.34. The van der Waals surface area contributed by atoms with Gasteiger partial charge >= 0.3 is 0 Å². The lowest BCUT2D eigenvalue weighted by Gasteiger charge is -2.34. The molecule has 0 unspecified atom stereocenters. The van der Waals surface area contributed by atoms with Gasteiger partial charge in [-0.15, -0.1) is 11.3 Å². The minimum absolute atomic E-state index is 0.0871. The second kappa shape index (κ2) is 9.91. The Morgan fingerprint density at radius 1 is 1.17 bits per heavy atom. The molecule has 1 saturated heterocycles. The van der Waals surface area contributed by atoms with Crippen LogP contribution in [-0.4, -0.2) is 53.5 Å². The molecule has 1 aromatic carbocycles. The molecule has 0 bridgehead atoms. The highest BCUT2D eigenvalue weighted by molar-refractivity contribution is 7.09. The Balaban J connectivity index is 1.26. The van der Waals surface area contributed by atoms with Crippen LogP contribution in [0.3, 0.4) is 0 Å². The normalized spacial score (nSPS) is 14.8. The number of furan rings is 1. The fourth-order valence-electron chi connectivity index (χ4n) is 3.43. The number of aromatic nitrogens is 1. The van der Waals surface area contributed by atoms with Crippen molar-refractivity contribution < 1.29 is 13.9 Å². The van der Waals surface area contributed by atoms with Crippen molar-refractivity contribution in [2.75, 3.05) is 32.8 Å². The average molecular weight is 426 g/mol. The third-order valence-corrected chi connectivity index (χ3v) is 6.05. The predicted molar refractivity (Wildman–Crippen MR) is 118 cm³/mol.